The number of amides is 1. The Hall–Kier alpha value is -2.30. The maximum absolute atomic E-state index is 12.1. The lowest BCUT2D eigenvalue weighted by atomic mass is 9.99. The van der Waals surface area contributed by atoms with Crippen LogP contribution in [0.1, 0.15) is 22.0 Å². The van der Waals surface area contributed by atoms with Crippen molar-refractivity contribution in [3.05, 3.63) is 82.1 Å². The summed E-state index contributed by atoms with van der Waals surface area (Å²) in [6.07, 6.45) is 9.04. The molecule has 0 fully saturated rings. The number of hydrogen-bond acceptors (Lipinski definition) is 3. The number of benzene rings is 1. The van der Waals surface area contributed by atoms with E-state index in [1.165, 1.54) is 6.07 Å². The summed E-state index contributed by atoms with van der Waals surface area (Å²) in [6.45, 7) is 0. The Morgan fingerprint density at radius 3 is 2.52 bits per heavy atom. The van der Waals surface area contributed by atoms with E-state index >= 15 is 0 Å². The molecular weight excluding hydrogens is 333 g/mol. The zero-order chi connectivity index (χ0) is 16.2. The van der Waals surface area contributed by atoms with Crippen LogP contribution >= 0.6 is 23.2 Å². The van der Waals surface area contributed by atoms with Gasteiger partial charge in [0.05, 0.1) is 21.5 Å². The number of carbonyl (C=O) groups excluding carboxylic acids is 1. The van der Waals surface area contributed by atoms with E-state index in [4.69, 9.17) is 23.2 Å². The van der Waals surface area contributed by atoms with E-state index in [0.717, 1.165) is 5.69 Å². The van der Waals surface area contributed by atoms with Crippen molar-refractivity contribution in [3.63, 3.8) is 0 Å². The SMILES string of the molecule is O=C(N=C1C=CC(c2cccnn2)C=C1)c1ccc(Cl)c(Cl)c1. The molecule has 6 heteroatoms. The van der Waals surface area contributed by atoms with Gasteiger partial charge in [-0.2, -0.15) is 10.2 Å². The third-order valence-corrected chi connectivity index (χ3v) is 4.02. The zero-order valence-electron chi connectivity index (χ0n) is 11.9. The van der Waals surface area contributed by atoms with Crippen LogP contribution in [0.2, 0.25) is 10.0 Å². The summed E-state index contributed by atoms with van der Waals surface area (Å²) in [5, 5.41) is 8.66. The van der Waals surface area contributed by atoms with Crippen LogP contribution in [-0.2, 0) is 0 Å². The molecular formula is C17H11Cl2N3O. The Labute approximate surface area is 143 Å². The maximum atomic E-state index is 12.1. The molecule has 0 bridgehead atoms. The molecule has 1 aliphatic rings. The van der Waals surface area contributed by atoms with Crippen molar-refractivity contribution in [2.75, 3.05) is 0 Å². The molecule has 1 aliphatic carbocycles. The number of aromatic nitrogens is 2. The highest BCUT2D eigenvalue weighted by Gasteiger charge is 2.12. The monoisotopic (exact) mass is 343 g/mol. The lowest BCUT2D eigenvalue weighted by Gasteiger charge is -2.10. The van der Waals surface area contributed by atoms with E-state index in [1.54, 1.807) is 30.5 Å². The fraction of sp³-hybridized carbons (Fsp3) is 0.0588. The molecule has 0 N–H and O–H groups in total. The van der Waals surface area contributed by atoms with Crippen molar-refractivity contribution in [2.45, 2.75) is 5.92 Å². The van der Waals surface area contributed by atoms with Crippen LogP contribution in [0.15, 0.2) is 65.8 Å². The number of carbonyl (C=O) groups is 1. The van der Waals surface area contributed by atoms with Gasteiger partial charge in [-0.1, -0.05) is 35.4 Å². The van der Waals surface area contributed by atoms with Crippen LogP contribution in [-0.4, -0.2) is 21.8 Å². The van der Waals surface area contributed by atoms with Crippen molar-refractivity contribution in [1.82, 2.24) is 10.2 Å². The number of nitrogens with zero attached hydrogens (tertiary/aromatic N) is 3. The molecule has 1 heterocycles. The van der Waals surface area contributed by atoms with E-state index in [0.29, 0.717) is 21.3 Å². The van der Waals surface area contributed by atoms with Crippen molar-refractivity contribution < 1.29 is 4.79 Å². The minimum Gasteiger partial charge on any atom is -0.267 e. The summed E-state index contributed by atoms with van der Waals surface area (Å²) in [5.74, 6) is -0.339. The lowest BCUT2D eigenvalue weighted by molar-refractivity contribution is 0.100. The van der Waals surface area contributed by atoms with Gasteiger partial charge in [0.1, 0.15) is 0 Å². The van der Waals surface area contributed by atoms with Crippen molar-refractivity contribution in [1.29, 1.82) is 0 Å². The minimum absolute atomic E-state index is 0.0303. The highest BCUT2D eigenvalue weighted by atomic mass is 35.5. The van der Waals surface area contributed by atoms with Crippen LogP contribution in [0, 0.1) is 0 Å². The topological polar surface area (TPSA) is 55.2 Å². The molecule has 0 atom stereocenters. The summed E-state index contributed by atoms with van der Waals surface area (Å²) in [4.78, 5) is 16.2. The lowest BCUT2D eigenvalue weighted by Crippen LogP contribution is -2.05. The van der Waals surface area contributed by atoms with E-state index in [1.807, 2.05) is 24.3 Å². The van der Waals surface area contributed by atoms with Gasteiger partial charge in [-0.25, -0.2) is 4.99 Å². The second-order valence-electron chi connectivity index (χ2n) is 4.86. The summed E-state index contributed by atoms with van der Waals surface area (Å²) >= 11 is 11.8. The fourth-order valence-electron chi connectivity index (χ4n) is 2.10. The van der Waals surface area contributed by atoms with Crippen molar-refractivity contribution in [3.8, 4) is 0 Å². The van der Waals surface area contributed by atoms with Gasteiger partial charge in [0.15, 0.2) is 0 Å². The molecule has 0 saturated heterocycles. The first kappa shape index (κ1) is 15.6. The Kier molecular flexibility index (Phi) is 4.65. The number of halogens is 2. The highest BCUT2D eigenvalue weighted by Crippen LogP contribution is 2.23. The average Bonchev–Trinajstić information content (AvgIpc) is 2.59. The number of hydrogen-bond donors (Lipinski definition) is 0. The molecule has 1 amide bonds. The molecule has 1 aromatic heterocycles. The molecule has 1 aromatic carbocycles. The standard InChI is InChI=1S/C17H11Cl2N3O/c18-14-8-5-12(10-15(14)19)17(23)21-13-6-3-11(4-7-13)16-2-1-9-20-22-16/h1-11H. The molecule has 0 spiro atoms. The van der Waals surface area contributed by atoms with E-state index < -0.39 is 0 Å². The molecule has 114 valence electrons. The zero-order valence-corrected chi connectivity index (χ0v) is 13.4. The summed E-state index contributed by atoms with van der Waals surface area (Å²) in [7, 11) is 0. The van der Waals surface area contributed by atoms with Gasteiger partial charge in [0.2, 0.25) is 0 Å². The first-order valence-corrected chi connectivity index (χ1v) is 7.61. The number of allylic oxidation sites excluding steroid dienone is 4. The predicted molar refractivity (Wildman–Crippen MR) is 91.3 cm³/mol. The Morgan fingerprint density at radius 1 is 1.09 bits per heavy atom. The van der Waals surface area contributed by atoms with Crippen LogP contribution in [0.25, 0.3) is 0 Å². The second kappa shape index (κ2) is 6.86. The number of rotatable bonds is 2. The molecule has 0 radical (unpaired) electrons. The summed E-state index contributed by atoms with van der Waals surface area (Å²) in [6, 6.07) is 8.42. The molecule has 2 aromatic rings. The second-order valence-corrected chi connectivity index (χ2v) is 5.68. The third kappa shape index (κ3) is 3.73. The molecule has 0 aliphatic heterocycles. The van der Waals surface area contributed by atoms with Gasteiger partial charge in [-0.15, -0.1) is 0 Å². The van der Waals surface area contributed by atoms with E-state index in [9.17, 15) is 4.79 Å². The molecule has 3 rings (SSSR count). The smallest absolute Gasteiger partial charge is 0.267 e. The van der Waals surface area contributed by atoms with Gasteiger partial charge < -0.3 is 0 Å². The van der Waals surface area contributed by atoms with Crippen LogP contribution < -0.4 is 0 Å². The van der Waals surface area contributed by atoms with Crippen LogP contribution in [0.4, 0.5) is 0 Å². The fourth-order valence-corrected chi connectivity index (χ4v) is 2.40. The summed E-state index contributed by atoms with van der Waals surface area (Å²) in [5.41, 5.74) is 1.81. The minimum atomic E-state index is -0.370. The third-order valence-electron chi connectivity index (χ3n) is 3.28. The Bertz CT molecular complexity index is 813. The Morgan fingerprint density at radius 2 is 1.87 bits per heavy atom. The van der Waals surface area contributed by atoms with Crippen molar-refractivity contribution in [2.24, 2.45) is 4.99 Å². The molecule has 0 saturated carbocycles. The van der Waals surface area contributed by atoms with Gasteiger partial charge >= 0.3 is 0 Å². The van der Waals surface area contributed by atoms with Gasteiger partial charge in [0, 0.05) is 17.7 Å². The largest absolute Gasteiger partial charge is 0.277 e. The van der Waals surface area contributed by atoms with Crippen LogP contribution in [0.3, 0.4) is 0 Å². The van der Waals surface area contributed by atoms with Crippen molar-refractivity contribution >= 4 is 34.8 Å². The van der Waals surface area contributed by atoms with E-state index in [2.05, 4.69) is 15.2 Å². The summed E-state index contributed by atoms with van der Waals surface area (Å²) < 4.78 is 0. The molecule has 0 unspecified atom stereocenters. The number of aliphatic imine (C=N–C) groups is 1. The highest BCUT2D eigenvalue weighted by molar-refractivity contribution is 6.42. The molecule has 4 nitrogen and oxygen atoms in total. The molecule has 23 heavy (non-hydrogen) atoms. The van der Waals surface area contributed by atoms with Gasteiger partial charge in [-0.3, -0.25) is 4.79 Å². The first-order chi connectivity index (χ1) is 11.1. The quantitative estimate of drug-likeness (QED) is 0.817. The predicted octanol–water partition coefficient (Wildman–Crippen LogP) is 4.27. The first-order valence-electron chi connectivity index (χ1n) is 6.85. The maximum Gasteiger partial charge on any atom is 0.277 e. The van der Waals surface area contributed by atoms with E-state index in [-0.39, 0.29) is 11.8 Å². The normalized spacial score (nSPS) is 16.4. The Balaban J connectivity index is 1.76. The van der Waals surface area contributed by atoms with Gasteiger partial charge in [-0.05, 0) is 42.5 Å². The van der Waals surface area contributed by atoms with Gasteiger partial charge in [0.25, 0.3) is 5.91 Å². The average molecular weight is 344 g/mol. The van der Waals surface area contributed by atoms with Crippen LogP contribution in [0.5, 0.6) is 0 Å².